The van der Waals surface area contributed by atoms with Crippen LogP contribution in [-0.4, -0.2) is 29.4 Å². The van der Waals surface area contributed by atoms with Gasteiger partial charge < -0.3 is 15.2 Å². The minimum atomic E-state index is -0.799. The molecule has 1 aliphatic heterocycles. The Bertz CT molecular complexity index is 752. The van der Waals surface area contributed by atoms with Gasteiger partial charge in [-0.3, -0.25) is 9.59 Å². The lowest BCUT2D eigenvalue weighted by atomic mass is 10.2. The maximum absolute atomic E-state index is 13.8. The molecule has 1 aromatic carbocycles. The van der Waals surface area contributed by atoms with Crippen molar-refractivity contribution in [1.29, 1.82) is 0 Å². The van der Waals surface area contributed by atoms with Gasteiger partial charge in [-0.2, -0.15) is 0 Å². The predicted molar refractivity (Wildman–Crippen MR) is 80.1 cm³/mol. The van der Waals surface area contributed by atoms with Gasteiger partial charge >= 0.3 is 0 Å². The van der Waals surface area contributed by atoms with Crippen LogP contribution >= 0.6 is 0 Å². The van der Waals surface area contributed by atoms with E-state index < -0.39 is 29.5 Å². The van der Waals surface area contributed by atoms with Crippen LogP contribution < -0.4 is 10.2 Å². The number of nitrogens with zero attached hydrogens (tertiary/aromatic N) is 1. The molecular formula is C16H15F2N3O2. The number of carbonyl (C=O) groups is 2. The number of aromatic nitrogens is 1. The number of halogens is 2. The zero-order valence-electron chi connectivity index (χ0n) is 12.4. The molecule has 120 valence electrons. The molecule has 5 nitrogen and oxygen atoms in total. The molecule has 0 spiro atoms. The molecule has 0 radical (unpaired) electrons. The average Bonchev–Trinajstić information content (AvgIpc) is 3.07. The third kappa shape index (κ3) is 2.69. The molecule has 2 heterocycles. The third-order valence-electron chi connectivity index (χ3n) is 3.92. The molecule has 7 heteroatoms. The van der Waals surface area contributed by atoms with Gasteiger partial charge in [-0.1, -0.05) is 6.07 Å². The minimum absolute atomic E-state index is 0.147. The van der Waals surface area contributed by atoms with E-state index in [1.54, 1.807) is 19.2 Å². The molecule has 1 aromatic heterocycles. The summed E-state index contributed by atoms with van der Waals surface area (Å²) in [7, 11) is 0. The Kier molecular flexibility index (Phi) is 3.85. The lowest BCUT2D eigenvalue weighted by Crippen LogP contribution is -2.42. The Hall–Kier alpha value is -2.70. The van der Waals surface area contributed by atoms with Crippen LogP contribution in [0.4, 0.5) is 14.5 Å². The number of aromatic amines is 1. The van der Waals surface area contributed by atoms with Gasteiger partial charge in [-0.05, 0) is 31.5 Å². The summed E-state index contributed by atoms with van der Waals surface area (Å²) in [6.07, 6.45) is 1.92. The van der Waals surface area contributed by atoms with Crippen molar-refractivity contribution in [3.63, 3.8) is 0 Å². The molecule has 1 fully saturated rings. The van der Waals surface area contributed by atoms with Crippen molar-refractivity contribution >= 4 is 17.5 Å². The SMILES string of the molecule is Cc1[nH]ccc1C(=O)NC1CCN(c2c(F)cccc2F)C1=O. The van der Waals surface area contributed by atoms with Crippen LogP contribution in [0.2, 0.25) is 0 Å². The van der Waals surface area contributed by atoms with Crippen molar-refractivity contribution in [3.8, 4) is 0 Å². The fourth-order valence-corrected chi connectivity index (χ4v) is 2.72. The molecule has 0 bridgehead atoms. The highest BCUT2D eigenvalue weighted by Crippen LogP contribution is 2.27. The summed E-state index contributed by atoms with van der Waals surface area (Å²) in [6, 6.07) is 4.25. The fourth-order valence-electron chi connectivity index (χ4n) is 2.72. The highest BCUT2D eigenvalue weighted by Gasteiger charge is 2.36. The molecule has 1 saturated heterocycles. The van der Waals surface area contributed by atoms with Crippen LogP contribution in [0.1, 0.15) is 22.5 Å². The largest absolute Gasteiger partial charge is 0.365 e. The van der Waals surface area contributed by atoms with E-state index in [1.165, 1.54) is 6.07 Å². The molecule has 0 aliphatic carbocycles. The van der Waals surface area contributed by atoms with Crippen molar-refractivity contribution in [1.82, 2.24) is 10.3 Å². The van der Waals surface area contributed by atoms with Crippen LogP contribution in [-0.2, 0) is 4.79 Å². The van der Waals surface area contributed by atoms with E-state index in [0.717, 1.165) is 17.0 Å². The summed E-state index contributed by atoms with van der Waals surface area (Å²) in [4.78, 5) is 28.4. The van der Waals surface area contributed by atoms with Gasteiger partial charge in [0.25, 0.3) is 5.91 Å². The van der Waals surface area contributed by atoms with Gasteiger partial charge in [0.05, 0.1) is 5.56 Å². The number of nitrogens with one attached hydrogen (secondary N) is 2. The van der Waals surface area contributed by atoms with Crippen molar-refractivity contribution in [2.75, 3.05) is 11.4 Å². The smallest absolute Gasteiger partial charge is 0.253 e. The van der Waals surface area contributed by atoms with Gasteiger partial charge in [-0.15, -0.1) is 0 Å². The van der Waals surface area contributed by atoms with E-state index in [0.29, 0.717) is 17.7 Å². The molecule has 0 saturated carbocycles. The van der Waals surface area contributed by atoms with Gasteiger partial charge in [0.15, 0.2) is 0 Å². The number of aryl methyl sites for hydroxylation is 1. The number of amides is 2. The quantitative estimate of drug-likeness (QED) is 0.910. The number of H-pyrrole nitrogens is 1. The monoisotopic (exact) mass is 319 g/mol. The van der Waals surface area contributed by atoms with Crippen LogP contribution in [0, 0.1) is 18.6 Å². The summed E-state index contributed by atoms with van der Waals surface area (Å²) < 4.78 is 27.6. The maximum Gasteiger partial charge on any atom is 0.253 e. The second-order valence-electron chi connectivity index (χ2n) is 5.39. The standard InChI is InChI=1S/C16H15F2N3O2/c1-9-10(5-7-19-9)15(22)20-13-6-8-21(16(13)23)14-11(17)3-2-4-12(14)18/h2-5,7,13,19H,6,8H2,1H3,(H,20,22). The van der Waals surface area contributed by atoms with Crippen LogP contribution in [0.3, 0.4) is 0 Å². The third-order valence-corrected chi connectivity index (χ3v) is 3.92. The zero-order valence-corrected chi connectivity index (χ0v) is 12.4. The normalized spacial score (nSPS) is 17.6. The van der Waals surface area contributed by atoms with E-state index in [2.05, 4.69) is 10.3 Å². The van der Waals surface area contributed by atoms with Crippen molar-refractivity contribution in [2.45, 2.75) is 19.4 Å². The summed E-state index contributed by atoms with van der Waals surface area (Å²) in [5, 5.41) is 2.62. The van der Waals surface area contributed by atoms with E-state index in [-0.39, 0.29) is 12.2 Å². The van der Waals surface area contributed by atoms with Gasteiger partial charge in [0.2, 0.25) is 5.91 Å². The highest BCUT2D eigenvalue weighted by molar-refractivity contribution is 6.04. The van der Waals surface area contributed by atoms with E-state index in [1.807, 2.05) is 0 Å². The van der Waals surface area contributed by atoms with Crippen LogP contribution in [0.5, 0.6) is 0 Å². The van der Waals surface area contributed by atoms with Crippen LogP contribution in [0.15, 0.2) is 30.5 Å². The number of carbonyl (C=O) groups excluding carboxylic acids is 2. The van der Waals surface area contributed by atoms with E-state index >= 15 is 0 Å². The lowest BCUT2D eigenvalue weighted by molar-refractivity contribution is -0.118. The Morgan fingerprint density at radius 3 is 2.61 bits per heavy atom. The Morgan fingerprint density at radius 1 is 1.30 bits per heavy atom. The number of benzene rings is 1. The first-order valence-corrected chi connectivity index (χ1v) is 7.19. The van der Waals surface area contributed by atoms with Crippen molar-refractivity contribution in [3.05, 3.63) is 53.4 Å². The molecule has 23 heavy (non-hydrogen) atoms. The summed E-state index contributed by atoms with van der Waals surface area (Å²) in [5.74, 6) is -2.51. The minimum Gasteiger partial charge on any atom is -0.365 e. The number of hydrogen-bond donors (Lipinski definition) is 2. The highest BCUT2D eigenvalue weighted by atomic mass is 19.1. The van der Waals surface area contributed by atoms with Gasteiger partial charge in [0, 0.05) is 18.4 Å². The van der Waals surface area contributed by atoms with Crippen LogP contribution in [0.25, 0.3) is 0 Å². The summed E-state index contributed by atoms with van der Waals surface area (Å²) in [6.45, 7) is 1.89. The first-order chi connectivity index (χ1) is 11.0. The topological polar surface area (TPSA) is 65.2 Å². The Balaban J connectivity index is 1.77. The maximum atomic E-state index is 13.8. The predicted octanol–water partition coefficient (Wildman–Crippen LogP) is 2.14. The molecule has 2 amide bonds. The van der Waals surface area contributed by atoms with E-state index in [9.17, 15) is 18.4 Å². The number of anilines is 1. The first-order valence-electron chi connectivity index (χ1n) is 7.19. The molecule has 3 rings (SSSR count). The number of para-hydroxylation sites is 1. The van der Waals surface area contributed by atoms with Crippen molar-refractivity contribution in [2.24, 2.45) is 0 Å². The molecule has 1 unspecified atom stereocenters. The molecule has 2 N–H and O–H groups in total. The molecular weight excluding hydrogens is 304 g/mol. The summed E-state index contributed by atoms with van der Waals surface area (Å²) in [5.41, 5.74) is 0.755. The van der Waals surface area contributed by atoms with E-state index in [4.69, 9.17) is 0 Å². The number of hydrogen-bond acceptors (Lipinski definition) is 2. The lowest BCUT2D eigenvalue weighted by Gasteiger charge is -2.18. The molecule has 1 aliphatic rings. The summed E-state index contributed by atoms with van der Waals surface area (Å²) >= 11 is 0. The number of rotatable bonds is 3. The van der Waals surface area contributed by atoms with Gasteiger partial charge in [-0.25, -0.2) is 8.78 Å². The Morgan fingerprint density at radius 2 is 2.00 bits per heavy atom. The van der Waals surface area contributed by atoms with Crippen molar-refractivity contribution < 1.29 is 18.4 Å². The Labute approximate surface area is 131 Å². The zero-order chi connectivity index (χ0) is 16.6. The second-order valence-corrected chi connectivity index (χ2v) is 5.39. The second kappa shape index (κ2) is 5.83. The fraction of sp³-hybridized carbons (Fsp3) is 0.250. The average molecular weight is 319 g/mol. The van der Waals surface area contributed by atoms with Gasteiger partial charge in [0.1, 0.15) is 23.4 Å². The molecule has 2 aromatic rings. The molecule has 1 atom stereocenters. The first kappa shape index (κ1) is 15.2.